The Bertz CT molecular complexity index is 612. The van der Waals surface area contributed by atoms with Gasteiger partial charge in [-0.25, -0.2) is 0 Å². The van der Waals surface area contributed by atoms with Gasteiger partial charge in [0.05, 0.1) is 10.6 Å². The summed E-state index contributed by atoms with van der Waals surface area (Å²) in [6.07, 6.45) is 0. The minimum absolute atomic E-state index is 0. The van der Waals surface area contributed by atoms with Crippen molar-refractivity contribution in [2.45, 2.75) is 19.3 Å². The smallest absolute Gasteiger partial charge is 0.252 e. The number of halogens is 2. The van der Waals surface area contributed by atoms with E-state index < -0.39 is 0 Å². The molecule has 0 aliphatic carbocycles. The number of nitrogen functional groups attached to an aromatic ring is 1. The Morgan fingerprint density at radius 3 is 2.67 bits per heavy atom. The molecule has 1 aromatic carbocycles. The highest BCUT2D eigenvalue weighted by molar-refractivity contribution is 7.10. The molecule has 2 rings (SSSR count). The molecule has 3 nitrogen and oxygen atoms in total. The first-order chi connectivity index (χ1) is 9.40. The lowest BCUT2D eigenvalue weighted by Gasteiger charge is -2.23. The van der Waals surface area contributed by atoms with E-state index in [1.165, 1.54) is 4.88 Å². The molecule has 0 radical (unpaired) electrons. The van der Waals surface area contributed by atoms with Crippen LogP contribution in [0.15, 0.2) is 35.7 Å². The third kappa shape index (κ3) is 4.37. The van der Waals surface area contributed by atoms with Gasteiger partial charge in [0.25, 0.3) is 5.91 Å². The van der Waals surface area contributed by atoms with Gasteiger partial charge in [-0.1, -0.05) is 31.5 Å². The summed E-state index contributed by atoms with van der Waals surface area (Å²) < 4.78 is 0. The summed E-state index contributed by atoms with van der Waals surface area (Å²) in [5.41, 5.74) is 6.51. The molecule has 1 heterocycles. The highest BCUT2D eigenvalue weighted by atomic mass is 35.5. The van der Waals surface area contributed by atoms with Crippen LogP contribution in [0.25, 0.3) is 0 Å². The molecule has 1 amide bonds. The van der Waals surface area contributed by atoms with Crippen molar-refractivity contribution in [1.82, 2.24) is 5.32 Å². The third-order valence-corrected chi connectivity index (χ3v) is 4.67. The fraction of sp³-hybridized carbons (Fsp3) is 0.267. The number of amides is 1. The van der Waals surface area contributed by atoms with Gasteiger partial charge in [-0.3, -0.25) is 4.79 Å². The van der Waals surface area contributed by atoms with Gasteiger partial charge in [0.2, 0.25) is 0 Å². The van der Waals surface area contributed by atoms with Gasteiger partial charge in [-0.2, -0.15) is 0 Å². The number of hydrogen-bond acceptors (Lipinski definition) is 3. The van der Waals surface area contributed by atoms with Crippen LogP contribution in [0.4, 0.5) is 5.69 Å². The van der Waals surface area contributed by atoms with E-state index in [0.717, 1.165) is 0 Å². The molecule has 21 heavy (non-hydrogen) atoms. The lowest BCUT2D eigenvalue weighted by atomic mass is 9.91. The van der Waals surface area contributed by atoms with Gasteiger partial charge < -0.3 is 11.1 Å². The molecule has 0 aliphatic heterocycles. The second-order valence-corrected chi connectivity index (χ2v) is 6.64. The summed E-state index contributed by atoms with van der Waals surface area (Å²) in [4.78, 5) is 13.4. The standard InChI is InChI=1S/C15H17ClN2OS.ClH/c1-15(2,13-4-3-7-20-13)9-18-14(19)11-6-5-10(17)8-12(11)16;/h3-8H,9,17H2,1-2H3,(H,18,19);1H. The van der Waals surface area contributed by atoms with Crippen molar-refractivity contribution < 1.29 is 4.79 Å². The first-order valence-corrected chi connectivity index (χ1v) is 7.53. The SMILES string of the molecule is CC(C)(CNC(=O)c1ccc(N)cc1Cl)c1cccs1.Cl. The molecule has 0 saturated heterocycles. The lowest BCUT2D eigenvalue weighted by Crippen LogP contribution is -2.36. The molecule has 0 unspecified atom stereocenters. The summed E-state index contributed by atoms with van der Waals surface area (Å²) in [7, 11) is 0. The molecule has 0 bridgehead atoms. The van der Waals surface area contributed by atoms with E-state index in [1.807, 2.05) is 11.4 Å². The minimum atomic E-state index is -0.181. The van der Waals surface area contributed by atoms with E-state index in [2.05, 4.69) is 25.2 Å². The van der Waals surface area contributed by atoms with Crippen molar-refractivity contribution in [2.75, 3.05) is 12.3 Å². The van der Waals surface area contributed by atoms with Crippen LogP contribution >= 0.6 is 35.3 Å². The largest absolute Gasteiger partial charge is 0.399 e. The number of carbonyl (C=O) groups excluding carboxylic acids is 1. The zero-order valence-electron chi connectivity index (χ0n) is 11.9. The quantitative estimate of drug-likeness (QED) is 0.819. The molecule has 0 fully saturated rings. The van der Waals surface area contributed by atoms with Crippen molar-refractivity contribution in [3.8, 4) is 0 Å². The van der Waals surface area contributed by atoms with Crippen molar-refractivity contribution in [2.24, 2.45) is 0 Å². The average molecular weight is 345 g/mol. The number of hydrogen-bond donors (Lipinski definition) is 2. The van der Waals surface area contributed by atoms with E-state index in [0.29, 0.717) is 22.8 Å². The highest BCUT2D eigenvalue weighted by Gasteiger charge is 2.23. The summed E-state index contributed by atoms with van der Waals surface area (Å²) in [5, 5.41) is 5.34. The van der Waals surface area contributed by atoms with Gasteiger partial charge in [-0.05, 0) is 29.6 Å². The first-order valence-electron chi connectivity index (χ1n) is 6.27. The molecule has 114 valence electrons. The molecule has 3 N–H and O–H groups in total. The number of carbonyl (C=O) groups is 1. The maximum absolute atomic E-state index is 12.2. The highest BCUT2D eigenvalue weighted by Crippen LogP contribution is 2.27. The Morgan fingerprint density at radius 2 is 2.10 bits per heavy atom. The lowest BCUT2D eigenvalue weighted by molar-refractivity contribution is 0.0946. The Morgan fingerprint density at radius 1 is 1.38 bits per heavy atom. The zero-order valence-corrected chi connectivity index (χ0v) is 14.2. The summed E-state index contributed by atoms with van der Waals surface area (Å²) in [5.74, 6) is -0.181. The summed E-state index contributed by atoms with van der Waals surface area (Å²) in [6.45, 7) is 4.75. The molecule has 1 aromatic heterocycles. The zero-order chi connectivity index (χ0) is 14.8. The molecule has 0 atom stereocenters. The Kier molecular flexibility index (Phi) is 6.08. The Balaban J connectivity index is 0.00000220. The third-order valence-electron chi connectivity index (χ3n) is 3.12. The van der Waals surface area contributed by atoms with E-state index in [-0.39, 0.29) is 23.7 Å². The van der Waals surface area contributed by atoms with Gasteiger partial charge in [0.1, 0.15) is 0 Å². The van der Waals surface area contributed by atoms with Gasteiger partial charge in [0.15, 0.2) is 0 Å². The number of rotatable bonds is 4. The normalized spacial score (nSPS) is 10.8. The second-order valence-electron chi connectivity index (χ2n) is 5.28. The van der Waals surface area contributed by atoms with Crippen LogP contribution < -0.4 is 11.1 Å². The summed E-state index contributed by atoms with van der Waals surface area (Å²) in [6, 6.07) is 8.99. The monoisotopic (exact) mass is 344 g/mol. The van der Waals surface area contributed by atoms with Crippen LogP contribution in [0.2, 0.25) is 5.02 Å². The maximum Gasteiger partial charge on any atom is 0.252 e. The molecule has 2 aromatic rings. The first kappa shape index (κ1) is 17.8. The van der Waals surface area contributed by atoms with Crippen molar-refractivity contribution in [1.29, 1.82) is 0 Å². The Labute approximate surface area is 139 Å². The molecular formula is C15H18Cl2N2OS. The van der Waals surface area contributed by atoms with Crippen molar-refractivity contribution in [3.05, 3.63) is 51.2 Å². The predicted octanol–water partition coefficient (Wildman–Crippen LogP) is 4.11. The van der Waals surface area contributed by atoms with E-state index in [9.17, 15) is 4.79 Å². The molecule has 6 heteroatoms. The van der Waals surface area contributed by atoms with E-state index >= 15 is 0 Å². The van der Waals surface area contributed by atoms with Crippen LogP contribution in [0.1, 0.15) is 29.1 Å². The number of thiophene rings is 1. The molecule has 0 saturated carbocycles. The maximum atomic E-state index is 12.2. The fourth-order valence-corrected chi connectivity index (χ4v) is 2.99. The Hall–Kier alpha value is -1.23. The van der Waals surface area contributed by atoms with Crippen LogP contribution in [-0.4, -0.2) is 12.5 Å². The number of anilines is 1. The fourth-order valence-electron chi connectivity index (χ4n) is 1.86. The van der Waals surface area contributed by atoms with Gasteiger partial charge in [0, 0.05) is 22.5 Å². The van der Waals surface area contributed by atoms with Crippen LogP contribution in [0, 0.1) is 0 Å². The average Bonchev–Trinajstić information content (AvgIpc) is 2.90. The molecule has 0 spiro atoms. The number of benzene rings is 1. The summed E-state index contributed by atoms with van der Waals surface area (Å²) >= 11 is 7.72. The second kappa shape index (κ2) is 7.16. The molecular weight excluding hydrogens is 327 g/mol. The van der Waals surface area contributed by atoms with E-state index in [4.69, 9.17) is 17.3 Å². The van der Waals surface area contributed by atoms with Gasteiger partial charge >= 0.3 is 0 Å². The van der Waals surface area contributed by atoms with Gasteiger partial charge in [-0.15, -0.1) is 23.7 Å². The van der Waals surface area contributed by atoms with Crippen molar-refractivity contribution >= 4 is 46.9 Å². The van der Waals surface area contributed by atoms with Crippen LogP contribution in [0.5, 0.6) is 0 Å². The minimum Gasteiger partial charge on any atom is -0.399 e. The molecule has 0 aliphatic rings. The number of nitrogens with two attached hydrogens (primary N) is 1. The van der Waals surface area contributed by atoms with Crippen molar-refractivity contribution in [3.63, 3.8) is 0 Å². The predicted molar refractivity (Wildman–Crippen MR) is 92.8 cm³/mol. The van der Waals surface area contributed by atoms with Crippen LogP contribution in [-0.2, 0) is 5.41 Å². The number of nitrogens with one attached hydrogen (secondary N) is 1. The van der Waals surface area contributed by atoms with Crippen LogP contribution in [0.3, 0.4) is 0 Å². The topological polar surface area (TPSA) is 55.1 Å². The van der Waals surface area contributed by atoms with E-state index in [1.54, 1.807) is 29.5 Å².